The van der Waals surface area contributed by atoms with Gasteiger partial charge >= 0.3 is 6.03 Å². The van der Waals surface area contributed by atoms with E-state index in [-0.39, 0.29) is 6.03 Å². The van der Waals surface area contributed by atoms with Gasteiger partial charge in [-0.15, -0.1) is 22.7 Å². The zero-order valence-corrected chi connectivity index (χ0v) is 19.1. The first-order valence-electron chi connectivity index (χ1n) is 9.97. The average molecular weight is 465 g/mol. The molecule has 1 atom stereocenters. The van der Waals surface area contributed by atoms with E-state index >= 15 is 0 Å². The zero-order valence-electron chi connectivity index (χ0n) is 17.4. The molecule has 1 N–H and O–H groups in total. The molecule has 0 spiro atoms. The van der Waals surface area contributed by atoms with Crippen LogP contribution in [0.5, 0.6) is 5.75 Å². The van der Waals surface area contributed by atoms with Crippen molar-refractivity contribution in [2.24, 2.45) is 0 Å². The number of rotatable bonds is 6. The van der Waals surface area contributed by atoms with Crippen molar-refractivity contribution in [3.63, 3.8) is 0 Å². The van der Waals surface area contributed by atoms with Crippen LogP contribution in [0.15, 0.2) is 69.5 Å². The second kappa shape index (κ2) is 8.60. The van der Waals surface area contributed by atoms with Crippen molar-refractivity contribution in [3.05, 3.63) is 81.3 Å². The molecule has 32 heavy (non-hydrogen) atoms. The van der Waals surface area contributed by atoms with Crippen molar-refractivity contribution in [2.75, 3.05) is 7.11 Å². The number of methoxy groups -OCH3 is 1. The van der Waals surface area contributed by atoms with Crippen LogP contribution in [0.25, 0.3) is 16.3 Å². The van der Waals surface area contributed by atoms with E-state index in [0.29, 0.717) is 18.3 Å². The van der Waals surface area contributed by atoms with Gasteiger partial charge in [-0.3, -0.25) is 4.90 Å². The van der Waals surface area contributed by atoms with Crippen molar-refractivity contribution in [1.82, 2.24) is 20.4 Å². The highest BCUT2D eigenvalue weighted by Gasteiger charge is 2.36. The van der Waals surface area contributed by atoms with Gasteiger partial charge in [0, 0.05) is 10.6 Å². The molecule has 3 aromatic heterocycles. The summed E-state index contributed by atoms with van der Waals surface area (Å²) in [5.74, 6) is 1.67. The SMILES string of the molecule is COc1ccc(C2NC(=O)N(Cc3cccs3)C(C)=C2c2nc(-c3cccs3)no2)cc1. The number of urea groups is 1. The standard InChI is InChI=1S/C23H20N4O3S2/c1-14-19(22-25-21(26-30-22)18-6-4-12-32-18)20(15-7-9-16(29-2)10-8-15)24-23(28)27(14)13-17-5-3-11-31-17/h3-12,20H,13H2,1-2H3,(H,24,28). The summed E-state index contributed by atoms with van der Waals surface area (Å²) < 4.78 is 11.0. The fourth-order valence-electron chi connectivity index (χ4n) is 3.69. The van der Waals surface area contributed by atoms with Crippen molar-refractivity contribution >= 4 is 34.3 Å². The number of ether oxygens (including phenoxy) is 1. The maximum Gasteiger partial charge on any atom is 0.322 e. The Morgan fingerprint density at radius 1 is 1.12 bits per heavy atom. The monoisotopic (exact) mass is 464 g/mol. The normalized spacial score (nSPS) is 16.4. The van der Waals surface area contributed by atoms with Gasteiger partial charge in [-0.2, -0.15) is 4.98 Å². The van der Waals surface area contributed by atoms with Crippen molar-refractivity contribution < 1.29 is 14.1 Å². The Morgan fingerprint density at radius 3 is 2.59 bits per heavy atom. The lowest BCUT2D eigenvalue weighted by Gasteiger charge is -2.35. The Morgan fingerprint density at radius 2 is 1.91 bits per heavy atom. The van der Waals surface area contributed by atoms with Crippen LogP contribution in [0, 0.1) is 0 Å². The molecule has 1 aliphatic heterocycles. The lowest BCUT2D eigenvalue weighted by atomic mass is 9.94. The van der Waals surface area contributed by atoms with Crippen LogP contribution < -0.4 is 10.1 Å². The molecule has 0 bridgehead atoms. The molecule has 0 saturated heterocycles. The Hall–Kier alpha value is -3.43. The van der Waals surface area contributed by atoms with Gasteiger partial charge in [0.1, 0.15) is 5.75 Å². The third kappa shape index (κ3) is 3.80. The summed E-state index contributed by atoms with van der Waals surface area (Å²) in [5, 5.41) is 11.3. The maximum atomic E-state index is 13.1. The molecule has 2 amide bonds. The molecule has 7 nitrogen and oxygen atoms in total. The molecule has 1 aliphatic rings. The Labute approximate surface area is 193 Å². The van der Waals surface area contributed by atoms with E-state index in [0.717, 1.165) is 32.3 Å². The fourth-order valence-corrected chi connectivity index (χ4v) is 5.03. The molecule has 1 unspecified atom stereocenters. The van der Waals surface area contributed by atoms with E-state index in [1.165, 1.54) is 0 Å². The van der Waals surface area contributed by atoms with E-state index in [4.69, 9.17) is 9.26 Å². The number of carbonyl (C=O) groups excluding carboxylic acids is 1. The van der Waals surface area contributed by atoms with Gasteiger partial charge in [-0.1, -0.05) is 29.4 Å². The third-order valence-electron chi connectivity index (χ3n) is 5.34. The van der Waals surface area contributed by atoms with Crippen LogP contribution in [0.1, 0.15) is 29.3 Å². The van der Waals surface area contributed by atoms with Crippen LogP contribution in [-0.4, -0.2) is 28.2 Å². The van der Waals surface area contributed by atoms with Crippen molar-refractivity contribution in [1.29, 1.82) is 0 Å². The van der Waals surface area contributed by atoms with Gasteiger partial charge in [-0.25, -0.2) is 4.79 Å². The van der Waals surface area contributed by atoms with E-state index in [1.54, 1.807) is 34.7 Å². The minimum atomic E-state index is -0.426. The second-order valence-electron chi connectivity index (χ2n) is 7.22. The van der Waals surface area contributed by atoms with E-state index < -0.39 is 6.04 Å². The zero-order chi connectivity index (χ0) is 22.1. The lowest BCUT2D eigenvalue weighted by Crippen LogP contribution is -2.45. The van der Waals surface area contributed by atoms with Gasteiger partial charge in [0.15, 0.2) is 0 Å². The summed E-state index contributed by atoms with van der Waals surface area (Å²) in [5.41, 5.74) is 2.46. The summed E-state index contributed by atoms with van der Waals surface area (Å²) in [6.45, 7) is 2.40. The number of thiophene rings is 2. The Bertz CT molecular complexity index is 1240. The highest BCUT2D eigenvalue weighted by molar-refractivity contribution is 7.13. The van der Waals surface area contributed by atoms with Gasteiger partial charge in [-0.05, 0) is 47.5 Å². The van der Waals surface area contributed by atoms with Crippen LogP contribution in [0.2, 0.25) is 0 Å². The minimum Gasteiger partial charge on any atom is -0.497 e. The molecule has 5 rings (SSSR count). The van der Waals surface area contributed by atoms with Crippen LogP contribution in [0.4, 0.5) is 4.79 Å². The molecule has 4 aromatic rings. The molecule has 0 aliphatic carbocycles. The first-order chi connectivity index (χ1) is 15.6. The van der Waals surface area contributed by atoms with E-state index in [2.05, 4.69) is 15.5 Å². The number of nitrogens with zero attached hydrogens (tertiary/aromatic N) is 3. The molecule has 0 fully saturated rings. The van der Waals surface area contributed by atoms with E-state index in [1.807, 2.05) is 66.2 Å². The number of allylic oxidation sites excluding steroid dienone is 1. The predicted octanol–water partition coefficient (Wildman–Crippen LogP) is 5.57. The van der Waals surface area contributed by atoms with Crippen LogP contribution >= 0.6 is 22.7 Å². The largest absolute Gasteiger partial charge is 0.497 e. The van der Waals surface area contributed by atoms with E-state index in [9.17, 15) is 4.79 Å². The number of benzene rings is 1. The summed E-state index contributed by atoms with van der Waals surface area (Å²) in [7, 11) is 1.62. The van der Waals surface area contributed by atoms with Gasteiger partial charge in [0.25, 0.3) is 5.89 Å². The van der Waals surface area contributed by atoms with Crippen molar-refractivity contribution in [3.8, 4) is 16.5 Å². The quantitative estimate of drug-likeness (QED) is 0.404. The minimum absolute atomic E-state index is 0.168. The third-order valence-corrected chi connectivity index (χ3v) is 7.06. The number of carbonyl (C=O) groups is 1. The van der Waals surface area contributed by atoms with Gasteiger partial charge < -0.3 is 14.6 Å². The summed E-state index contributed by atoms with van der Waals surface area (Å²) in [6, 6.07) is 14.9. The molecule has 0 saturated carbocycles. The summed E-state index contributed by atoms with van der Waals surface area (Å²) >= 11 is 3.16. The molecule has 1 aromatic carbocycles. The second-order valence-corrected chi connectivity index (χ2v) is 9.20. The van der Waals surface area contributed by atoms with Gasteiger partial charge in [0.05, 0.1) is 30.1 Å². The Kier molecular flexibility index (Phi) is 5.50. The number of hydrogen-bond donors (Lipinski definition) is 1. The molecular weight excluding hydrogens is 444 g/mol. The molecule has 162 valence electrons. The predicted molar refractivity (Wildman–Crippen MR) is 124 cm³/mol. The van der Waals surface area contributed by atoms with Crippen molar-refractivity contribution in [2.45, 2.75) is 19.5 Å². The smallest absolute Gasteiger partial charge is 0.322 e. The highest BCUT2D eigenvalue weighted by atomic mass is 32.1. The number of nitrogens with one attached hydrogen (secondary N) is 1. The van der Waals surface area contributed by atoms with Crippen LogP contribution in [0.3, 0.4) is 0 Å². The van der Waals surface area contributed by atoms with Crippen LogP contribution in [-0.2, 0) is 6.54 Å². The molecule has 0 radical (unpaired) electrons. The average Bonchev–Trinajstić information content (AvgIpc) is 3.59. The fraction of sp³-hybridized carbons (Fsp3) is 0.174. The number of aromatic nitrogens is 2. The summed E-state index contributed by atoms with van der Waals surface area (Å²) in [6.07, 6.45) is 0. The first kappa shape index (κ1) is 20.5. The lowest BCUT2D eigenvalue weighted by molar-refractivity contribution is 0.203. The topological polar surface area (TPSA) is 80.5 Å². The first-order valence-corrected chi connectivity index (χ1v) is 11.7. The van der Waals surface area contributed by atoms with Gasteiger partial charge in [0.2, 0.25) is 5.82 Å². The molecular formula is C23H20N4O3S2. The highest BCUT2D eigenvalue weighted by Crippen LogP contribution is 2.38. The molecule has 4 heterocycles. The maximum absolute atomic E-state index is 13.1. The number of hydrogen-bond acceptors (Lipinski definition) is 7. The molecule has 9 heteroatoms. The summed E-state index contributed by atoms with van der Waals surface area (Å²) in [4.78, 5) is 21.5. The Balaban J connectivity index is 1.59. The number of amides is 2.